The topological polar surface area (TPSA) is 89.8 Å². The molecule has 0 aliphatic rings. The van der Waals surface area contributed by atoms with Gasteiger partial charge >= 0.3 is 0 Å². The number of unbranched alkanes of at least 4 members (excludes halogenated alkanes) is 35. The molecule has 0 aromatic carbocycles. The van der Waals surface area contributed by atoms with Crippen LogP contribution in [0.4, 0.5) is 0 Å². The number of nitrogens with one attached hydrogen (secondary N) is 1. The molecular weight excluding hydrogens is 727 g/mol. The van der Waals surface area contributed by atoms with E-state index in [9.17, 15) is 20.1 Å². The van der Waals surface area contributed by atoms with Gasteiger partial charge in [0, 0.05) is 0 Å². The zero-order valence-electron chi connectivity index (χ0n) is 39.6. The van der Waals surface area contributed by atoms with E-state index in [4.69, 9.17) is 0 Å². The Morgan fingerprint density at radius 2 is 0.729 bits per heavy atom. The van der Waals surface area contributed by atoms with Crippen molar-refractivity contribution in [2.75, 3.05) is 6.61 Å². The Balaban J connectivity index is 3.65. The lowest BCUT2D eigenvalue weighted by Crippen LogP contribution is -2.45. The van der Waals surface area contributed by atoms with Crippen LogP contribution in [-0.2, 0) is 4.79 Å². The highest BCUT2D eigenvalue weighted by Crippen LogP contribution is 2.16. The molecule has 0 aromatic rings. The molecule has 4 N–H and O–H groups in total. The van der Waals surface area contributed by atoms with Crippen molar-refractivity contribution in [3.8, 4) is 0 Å². The van der Waals surface area contributed by atoms with Gasteiger partial charge in [0.05, 0.1) is 31.3 Å². The first-order chi connectivity index (χ1) is 29.0. The van der Waals surface area contributed by atoms with E-state index >= 15 is 0 Å². The predicted octanol–water partition coefficient (Wildman–Crippen LogP) is 15.9. The number of rotatable bonds is 48. The maximum atomic E-state index is 12.5. The van der Waals surface area contributed by atoms with Gasteiger partial charge in [0.1, 0.15) is 0 Å². The number of allylic oxidation sites excluding steroid dienone is 5. The lowest BCUT2D eigenvalue weighted by atomic mass is 10.0. The minimum absolute atomic E-state index is 0.00112. The van der Waals surface area contributed by atoms with Crippen LogP contribution in [-0.4, -0.2) is 46.1 Å². The highest BCUT2D eigenvalue weighted by molar-refractivity contribution is 5.76. The number of aliphatic hydroxyl groups excluding tert-OH is 3. The molecule has 0 saturated carbocycles. The number of amides is 1. The third-order valence-electron chi connectivity index (χ3n) is 12.1. The van der Waals surface area contributed by atoms with Crippen LogP contribution in [0.3, 0.4) is 0 Å². The zero-order valence-corrected chi connectivity index (χ0v) is 39.6. The standard InChI is InChI=1S/C54H103NO4/c1-3-5-7-9-11-13-15-17-19-21-23-25-26-27-28-30-32-34-36-38-40-42-44-46-48-53(58)52(50-56)55-54(59)49-51(57)47-45-43-41-39-37-35-33-31-29-24-22-20-18-16-14-12-10-8-6-4-2/h31,33,38,40,46,48,51-53,56-58H,3-30,32,34-37,39,41-45,47,49-50H2,1-2H3,(H,55,59)/b33-31-,40-38+,48-46+. The van der Waals surface area contributed by atoms with Crippen molar-refractivity contribution in [3.05, 3.63) is 36.5 Å². The molecule has 0 aromatic heterocycles. The van der Waals surface area contributed by atoms with Gasteiger partial charge in [-0.15, -0.1) is 0 Å². The van der Waals surface area contributed by atoms with Gasteiger partial charge in [-0.1, -0.05) is 249 Å². The Bertz CT molecular complexity index is 916. The molecule has 0 bridgehead atoms. The maximum Gasteiger partial charge on any atom is 0.222 e. The van der Waals surface area contributed by atoms with Crippen molar-refractivity contribution >= 4 is 5.91 Å². The van der Waals surface area contributed by atoms with Gasteiger partial charge in [-0.05, 0) is 57.8 Å². The fourth-order valence-electron chi connectivity index (χ4n) is 8.12. The second kappa shape index (κ2) is 49.2. The van der Waals surface area contributed by atoms with Gasteiger partial charge in [-0.3, -0.25) is 4.79 Å². The Hall–Kier alpha value is -1.43. The Kier molecular flexibility index (Phi) is 48.0. The van der Waals surface area contributed by atoms with Crippen LogP contribution in [0.15, 0.2) is 36.5 Å². The third-order valence-corrected chi connectivity index (χ3v) is 12.1. The molecule has 0 spiro atoms. The molecule has 0 aliphatic carbocycles. The summed E-state index contributed by atoms with van der Waals surface area (Å²) in [4.78, 5) is 12.5. The first-order valence-corrected chi connectivity index (χ1v) is 26.3. The monoisotopic (exact) mass is 830 g/mol. The van der Waals surface area contributed by atoms with Crippen LogP contribution in [0.1, 0.15) is 277 Å². The number of hydrogen-bond donors (Lipinski definition) is 4. The van der Waals surface area contributed by atoms with E-state index in [0.29, 0.717) is 6.42 Å². The average molecular weight is 830 g/mol. The Morgan fingerprint density at radius 1 is 0.424 bits per heavy atom. The summed E-state index contributed by atoms with van der Waals surface area (Å²) in [5.41, 5.74) is 0. The SMILES string of the molecule is CCCCCCCCCCCCC/C=C\CCCCCCCC(O)CC(=O)NC(CO)C(O)/C=C/CC/C=C/CCCCCCCCCCCCCCCCCCCC. The summed E-state index contributed by atoms with van der Waals surface area (Å²) in [6, 6.07) is -0.764. The summed E-state index contributed by atoms with van der Waals surface area (Å²) in [7, 11) is 0. The smallest absolute Gasteiger partial charge is 0.222 e. The molecule has 3 unspecified atom stereocenters. The lowest BCUT2D eigenvalue weighted by molar-refractivity contribution is -0.124. The van der Waals surface area contributed by atoms with Gasteiger partial charge in [0.25, 0.3) is 0 Å². The first-order valence-electron chi connectivity index (χ1n) is 26.3. The van der Waals surface area contributed by atoms with E-state index in [0.717, 1.165) is 44.9 Å². The Labute approximate surface area is 368 Å². The fourth-order valence-corrected chi connectivity index (χ4v) is 8.12. The second-order valence-corrected chi connectivity index (χ2v) is 18.1. The van der Waals surface area contributed by atoms with Crippen molar-refractivity contribution in [3.63, 3.8) is 0 Å². The van der Waals surface area contributed by atoms with E-state index in [1.54, 1.807) is 6.08 Å². The molecule has 0 radical (unpaired) electrons. The highest BCUT2D eigenvalue weighted by Gasteiger charge is 2.20. The predicted molar refractivity (Wildman–Crippen MR) is 259 cm³/mol. The molecule has 1 amide bonds. The number of aliphatic hydroxyl groups is 3. The van der Waals surface area contributed by atoms with Crippen LogP contribution in [0.25, 0.3) is 0 Å². The zero-order chi connectivity index (χ0) is 43.0. The minimum Gasteiger partial charge on any atom is -0.394 e. The van der Waals surface area contributed by atoms with E-state index in [1.165, 1.54) is 205 Å². The summed E-state index contributed by atoms with van der Waals surface area (Å²) in [6.07, 6.45) is 63.2. The molecule has 0 fully saturated rings. The number of carbonyl (C=O) groups is 1. The van der Waals surface area contributed by atoms with E-state index in [-0.39, 0.29) is 18.9 Å². The fraction of sp³-hybridized carbons (Fsp3) is 0.870. The Morgan fingerprint density at radius 3 is 1.08 bits per heavy atom. The summed E-state index contributed by atoms with van der Waals surface area (Å²) in [5, 5.41) is 33.4. The molecule has 0 rings (SSSR count). The summed E-state index contributed by atoms with van der Waals surface area (Å²) in [6.45, 7) is 4.23. The van der Waals surface area contributed by atoms with Crippen molar-refractivity contribution in [1.29, 1.82) is 0 Å². The summed E-state index contributed by atoms with van der Waals surface area (Å²) < 4.78 is 0. The van der Waals surface area contributed by atoms with Crippen LogP contribution >= 0.6 is 0 Å². The first kappa shape index (κ1) is 57.6. The highest BCUT2D eigenvalue weighted by atomic mass is 16.3. The quantitative estimate of drug-likeness (QED) is 0.0363. The van der Waals surface area contributed by atoms with Gasteiger partial charge in [-0.25, -0.2) is 0 Å². The van der Waals surface area contributed by atoms with Crippen LogP contribution < -0.4 is 5.32 Å². The van der Waals surface area contributed by atoms with Crippen molar-refractivity contribution in [2.45, 2.75) is 295 Å². The van der Waals surface area contributed by atoms with Gasteiger partial charge in [0.2, 0.25) is 5.91 Å². The average Bonchev–Trinajstić information content (AvgIpc) is 3.23. The van der Waals surface area contributed by atoms with Gasteiger partial charge in [-0.2, -0.15) is 0 Å². The summed E-state index contributed by atoms with van der Waals surface area (Å²) >= 11 is 0. The van der Waals surface area contributed by atoms with E-state index in [2.05, 4.69) is 43.5 Å². The third kappa shape index (κ3) is 45.9. The van der Waals surface area contributed by atoms with E-state index in [1.807, 2.05) is 6.08 Å². The van der Waals surface area contributed by atoms with E-state index < -0.39 is 18.2 Å². The van der Waals surface area contributed by atoms with Crippen molar-refractivity contribution in [2.24, 2.45) is 0 Å². The van der Waals surface area contributed by atoms with Crippen molar-refractivity contribution in [1.82, 2.24) is 5.32 Å². The molecule has 3 atom stereocenters. The molecule has 0 saturated heterocycles. The molecule has 0 heterocycles. The molecule has 5 nitrogen and oxygen atoms in total. The van der Waals surface area contributed by atoms with Crippen LogP contribution in [0.2, 0.25) is 0 Å². The largest absolute Gasteiger partial charge is 0.394 e. The normalized spacial score (nSPS) is 13.6. The minimum atomic E-state index is -0.954. The molecule has 348 valence electrons. The number of carbonyl (C=O) groups excluding carboxylic acids is 1. The van der Waals surface area contributed by atoms with Gasteiger partial charge < -0.3 is 20.6 Å². The summed E-state index contributed by atoms with van der Waals surface area (Å²) in [5.74, 6) is -0.327. The maximum absolute atomic E-state index is 12.5. The molecule has 0 aliphatic heterocycles. The molecule has 59 heavy (non-hydrogen) atoms. The lowest BCUT2D eigenvalue weighted by Gasteiger charge is -2.20. The van der Waals surface area contributed by atoms with Crippen molar-refractivity contribution < 1.29 is 20.1 Å². The molecular formula is C54H103NO4. The second-order valence-electron chi connectivity index (χ2n) is 18.1. The van der Waals surface area contributed by atoms with Crippen LogP contribution in [0.5, 0.6) is 0 Å². The number of hydrogen-bond acceptors (Lipinski definition) is 4. The van der Waals surface area contributed by atoms with Crippen LogP contribution in [0, 0.1) is 0 Å². The molecule has 5 heteroatoms. The van der Waals surface area contributed by atoms with Gasteiger partial charge in [0.15, 0.2) is 0 Å².